The fourth-order valence-electron chi connectivity index (χ4n) is 3.43. The Hall–Kier alpha value is -1.71. The SMILES string of the molecule is C=C(S(=O)c1ccc(C)cc1)[C@](CC)(CCCC)[C@H](O)c1ccccc1. The number of rotatable bonds is 9. The van der Waals surface area contributed by atoms with Gasteiger partial charge in [-0.2, -0.15) is 0 Å². The van der Waals surface area contributed by atoms with E-state index in [1.165, 1.54) is 0 Å². The van der Waals surface area contributed by atoms with Gasteiger partial charge in [-0.15, -0.1) is 0 Å². The van der Waals surface area contributed by atoms with E-state index in [0.717, 1.165) is 35.3 Å². The molecule has 0 bridgehead atoms. The van der Waals surface area contributed by atoms with Crippen molar-refractivity contribution in [2.75, 3.05) is 0 Å². The maximum Gasteiger partial charge on any atom is 0.0892 e. The van der Waals surface area contributed by atoms with Gasteiger partial charge in [0.2, 0.25) is 0 Å². The summed E-state index contributed by atoms with van der Waals surface area (Å²) in [5, 5.41) is 11.3. The Bertz CT molecular complexity index is 737. The van der Waals surface area contributed by atoms with Gasteiger partial charge in [0.05, 0.1) is 16.9 Å². The third kappa shape index (κ3) is 4.33. The number of hydrogen-bond donors (Lipinski definition) is 1. The average Bonchev–Trinajstić information content (AvgIpc) is 2.69. The summed E-state index contributed by atoms with van der Waals surface area (Å²) in [7, 11) is -1.36. The lowest BCUT2D eigenvalue weighted by atomic mass is 9.73. The van der Waals surface area contributed by atoms with Crippen LogP contribution >= 0.6 is 0 Å². The quantitative estimate of drug-likeness (QED) is 0.593. The first-order valence-corrected chi connectivity index (χ1v) is 10.5. The predicted octanol–water partition coefficient (Wildman–Crippen LogP) is 5.94. The van der Waals surface area contributed by atoms with Crippen LogP contribution in [0.2, 0.25) is 0 Å². The molecule has 1 N–H and O–H groups in total. The molecule has 0 aliphatic rings. The molecule has 0 saturated carbocycles. The van der Waals surface area contributed by atoms with Crippen molar-refractivity contribution >= 4 is 10.8 Å². The van der Waals surface area contributed by atoms with Gasteiger partial charge in [-0.25, -0.2) is 4.21 Å². The zero-order valence-corrected chi connectivity index (χ0v) is 16.9. The number of unbranched alkanes of at least 4 members (excludes halogenated alkanes) is 1. The highest BCUT2D eigenvalue weighted by Crippen LogP contribution is 2.49. The minimum Gasteiger partial charge on any atom is -0.387 e. The molecule has 0 amide bonds. The number of aliphatic hydroxyl groups excluding tert-OH is 1. The molecule has 0 saturated heterocycles. The second-order valence-electron chi connectivity index (χ2n) is 6.93. The molecule has 0 radical (unpaired) electrons. The Morgan fingerprint density at radius 3 is 2.27 bits per heavy atom. The number of aliphatic hydroxyl groups is 1. The molecule has 0 spiro atoms. The summed E-state index contributed by atoms with van der Waals surface area (Å²) >= 11 is 0. The predicted molar refractivity (Wildman–Crippen MR) is 110 cm³/mol. The van der Waals surface area contributed by atoms with E-state index in [1.807, 2.05) is 61.5 Å². The first kappa shape index (κ1) is 20.6. The van der Waals surface area contributed by atoms with Crippen molar-refractivity contribution in [3.63, 3.8) is 0 Å². The normalized spacial score (nSPS) is 15.8. The molecule has 3 atom stereocenters. The van der Waals surface area contributed by atoms with Crippen molar-refractivity contribution in [3.8, 4) is 0 Å². The van der Waals surface area contributed by atoms with E-state index in [-0.39, 0.29) is 0 Å². The van der Waals surface area contributed by atoms with Gasteiger partial charge in [-0.05, 0) is 37.5 Å². The molecule has 2 aromatic carbocycles. The van der Waals surface area contributed by atoms with E-state index < -0.39 is 22.3 Å². The molecule has 2 nitrogen and oxygen atoms in total. The molecule has 0 aliphatic carbocycles. The van der Waals surface area contributed by atoms with Crippen molar-refractivity contribution in [1.82, 2.24) is 0 Å². The summed E-state index contributed by atoms with van der Waals surface area (Å²) in [6.45, 7) is 10.4. The van der Waals surface area contributed by atoms with Crippen LogP contribution in [0, 0.1) is 12.3 Å². The third-order valence-corrected chi connectivity index (χ3v) is 6.81. The highest BCUT2D eigenvalue weighted by molar-refractivity contribution is 7.89. The van der Waals surface area contributed by atoms with E-state index in [0.29, 0.717) is 11.3 Å². The second-order valence-corrected chi connectivity index (χ2v) is 8.43. The van der Waals surface area contributed by atoms with Crippen molar-refractivity contribution in [2.24, 2.45) is 5.41 Å². The maximum absolute atomic E-state index is 13.3. The van der Waals surface area contributed by atoms with Crippen LogP contribution in [0.4, 0.5) is 0 Å². The molecule has 2 rings (SSSR count). The molecule has 3 heteroatoms. The molecule has 1 unspecified atom stereocenters. The fraction of sp³-hybridized carbons (Fsp3) is 0.391. The largest absolute Gasteiger partial charge is 0.387 e. The Morgan fingerprint density at radius 2 is 1.73 bits per heavy atom. The van der Waals surface area contributed by atoms with E-state index in [9.17, 15) is 9.32 Å². The Labute approximate surface area is 160 Å². The average molecular weight is 371 g/mol. The summed E-state index contributed by atoms with van der Waals surface area (Å²) in [4.78, 5) is 1.36. The minimum absolute atomic E-state index is 0.604. The molecule has 2 aromatic rings. The van der Waals surface area contributed by atoms with Crippen molar-refractivity contribution < 1.29 is 9.32 Å². The summed E-state index contributed by atoms with van der Waals surface area (Å²) < 4.78 is 13.3. The zero-order chi connectivity index (χ0) is 19.2. The van der Waals surface area contributed by atoms with Crippen LogP contribution in [0.1, 0.15) is 56.8 Å². The number of hydrogen-bond acceptors (Lipinski definition) is 2. The van der Waals surface area contributed by atoms with Gasteiger partial charge in [0.25, 0.3) is 0 Å². The molecule has 0 aliphatic heterocycles. The fourth-order valence-corrected chi connectivity index (χ4v) is 4.83. The Morgan fingerprint density at radius 1 is 1.12 bits per heavy atom. The van der Waals surface area contributed by atoms with E-state index in [2.05, 4.69) is 20.4 Å². The van der Waals surface area contributed by atoms with Crippen LogP contribution in [-0.4, -0.2) is 9.32 Å². The lowest BCUT2D eigenvalue weighted by molar-refractivity contribution is 0.0436. The van der Waals surface area contributed by atoms with E-state index in [1.54, 1.807) is 0 Å². The van der Waals surface area contributed by atoms with E-state index >= 15 is 0 Å². The van der Waals surface area contributed by atoms with E-state index in [4.69, 9.17) is 0 Å². The third-order valence-electron chi connectivity index (χ3n) is 5.26. The van der Waals surface area contributed by atoms with Gasteiger partial charge in [0, 0.05) is 15.2 Å². The van der Waals surface area contributed by atoms with Crippen molar-refractivity contribution in [2.45, 2.75) is 57.5 Å². The van der Waals surface area contributed by atoms with Crippen LogP contribution in [0.15, 0.2) is 71.0 Å². The highest BCUT2D eigenvalue weighted by Gasteiger charge is 2.41. The Balaban J connectivity index is 2.43. The number of benzene rings is 2. The number of aryl methyl sites for hydroxylation is 1. The first-order chi connectivity index (χ1) is 12.5. The van der Waals surface area contributed by atoms with Crippen LogP contribution in [-0.2, 0) is 10.8 Å². The molecule has 0 fully saturated rings. The smallest absolute Gasteiger partial charge is 0.0892 e. The van der Waals surface area contributed by atoms with Gasteiger partial charge < -0.3 is 5.11 Å². The van der Waals surface area contributed by atoms with Gasteiger partial charge in [0.15, 0.2) is 0 Å². The molecular formula is C23H30O2S. The van der Waals surface area contributed by atoms with Crippen molar-refractivity contribution in [3.05, 3.63) is 77.2 Å². The van der Waals surface area contributed by atoms with Crippen LogP contribution in [0.3, 0.4) is 0 Å². The summed E-state index contributed by atoms with van der Waals surface area (Å²) in [6.07, 6.45) is 2.73. The first-order valence-electron chi connectivity index (χ1n) is 9.37. The lowest BCUT2D eigenvalue weighted by Crippen LogP contribution is -2.32. The van der Waals surface area contributed by atoms with Crippen molar-refractivity contribution in [1.29, 1.82) is 0 Å². The second kappa shape index (κ2) is 9.29. The summed E-state index contributed by atoms with van der Waals surface area (Å²) in [6, 6.07) is 17.4. The highest BCUT2D eigenvalue weighted by atomic mass is 32.2. The molecule has 26 heavy (non-hydrogen) atoms. The minimum atomic E-state index is -1.36. The zero-order valence-electron chi connectivity index (χ0n) is 16.1. The van der Waals surface area contributed by atoms with Crippen LogP contribution in [0.25, 0.3) is 0 Å². The monoisotopic (exact) mass is 370 g/mol. The maximum atomic E-state index is 13.3. The summed E-state index contributed by atoms with van der Waals surface area (Å²) in [5.41, 5.74) is 1.38. The topological polar surface area (TPSA) is 37.3 Å². The van der Waals surface area contributed by atoms with Gasteiger partial charge in [-0.3, -0.25) is 0 Å². The van der Waals surface area contributed by atoms with Gasteiger partial charge in [0.1, 0.15) is 0 Å². The van der Waals surface area contributed by atoms with Crippen LogP contribution in [0.5, 0.6) is 0 Å². The molecule has 0 heterocycles. The lowest BCUT2D eigenvalue weighted by Gasteiger charge is -2.39. The molecule has 0 aromatic heterocycles. The Kier molecular flexibility index (Phi) is 7.36. The molecule has 140 valence electrons. The summed E-state index contributed by atoms with van der Waals surface area (Å²) in [5.74, 6) is 0. The van der Waals surface area contributed by atoms with Crippen LogP contribution < -0.4 is 0 Å². The van der Waals surface area contributed by atoms with Gasteiger partial charge in [-0.1, -0.05) is 81.3 Å². The standard InChI is InChI=1S/C23H30O2S/c1-5-7-17-23(6-2,22(24)20-11-9-8-10-12-20)19(4)26(25)21-15-13-18(3)14-16-21/h8-16,22,24H,4-7,17H2,1-3H3/t22-,23+,26?/m1/s1. The van der Waals surface area contributed by atoms with Gasteiger partial charge >= 0.3 is 0 Å². The molecular weight excluding hydrogens is 340 g/mol.